The van der Waals surface area contributed by atoms with E-state index in [0.717, 1.165) is 23.4 Å². The molecule has 106 valence electrons. The van der Waals surface area contributed by atoms with Gasteiger partial charge in [-0.3, -0.25) is 0 Å². The number of anilines is 1. The van der Waals surface area contributed by atoms with Crippen LogP contribution in [0.2, 0.25) is 5.02 Å². The Morgan fingerprint density at radius 1 is 1.53 bits per heavy atom. The lowest BCUT2D eigenvalue weighted by Gasteiger charge is -2.34. The number of piperidine rings is 1. The molecule has 19 heavy (non-hydrogen) atoms. The first-order chi connectivity index (χ1) is 9.08. The first kappa shape index (κ1) is 15.1. The molecule has 0 spiro atoms. The van der Waals surface area contributed by atoms with E-state index < -0.39 is 0 Å². The Morgan fingerprint density at radius 3 is 2.89 bits per heavy atom. The fraction of sp³-hybridized carbons (Fsp3) is 0.643. The summed E-state index contributed by atoms with van der Waals surface area (Å²) < 4.78 is 0.963. The number of nitrogens with one attached hydrogen (secondary N) is 1. The average Bonchev–Trinajstić information content (AvgIpc) is 2.38. The number of hydrogen-bond donors (Lipinski definition) is 1. The second-order valence-electron chi connectivity index (χ2n) is 5.35. The van der Waals surface area contributed by atoms with Crippen molar-refractivity contribution in [3.8, 4) is 0 Å². The van der Waals surface area contributed by atoms with E-state index in [0.29, 0.717) is 17.1 Å². The minimum Gasteiger partial charge on any atom is -0.352 e. The van der Waals surface area contributed by atoms with Crippen molar-refractivity contribution >= 4 is 33.3 Å². The summed E-state index contributed by atoms with van der Waals surface area (Å²) in [5, 5.41) is 4.26. The van der Waals surface area contributed by atoms with Crippen LogP contribution in [0.3, 0.4) is 0 Å². The van der Waals surface area contributed by atoms with Crippen LogP contribution in [-0.2, 0) is 0 Å². The van der Waals surface area contributed by atoms with Crippen LogP contribution in [0.5, 0.6) is 0 Å². The predicted octanol–water partition coefficient (Wildman–Crippen LogP) is 3.85. The molecule has 2 heterocycles. The molecule has 1 aliphatic heterocycles. The van der Waals surface area contributed by atoms with Crippen molar-refractivity contribution in [2.75, 3.05) is 18.0 Å². The average molecular weight is 347 g/mol. The van der Waals surface area contributed by atoms with E-state index in [2.05, 4.69) is 45.0 Å². The molecule has 3 nitrogen and oxygen atoms in total. The lowest BCUT2D eigenvalue weighted by atomic mass is 10.0. The van der Waals surface area contributed by atoms with E-state index in [1.165, 1.54) is 19.3 Å². The summed E-state index contributed by atoms with van der Waals surface area (Å²) in [6.07, 6.45) is 5.57. The zero-order valence-corrected chi connectivity index (χ0v) is 13.8. The van der Waals surface area contributed by atoms with Gasteiger partial charge in [0, 0.05) is 24.8 Å². The highest BCUT2D eigenvalue weighted by atomic mass is 79.9. The highest BCUT2D eigenvalue weighted by molar-refractivity contribution is 9.10. The molecule has 1 fully saturated rings. The third-order valence-electron chi connectivity index (χ3n) is 3.51. The molecule has 1 N–H and O–H groups in total. The SMILES string of the molecule is CC(C)N(CC1CCCCN1)c1ncc(Cl)cc1Br. The number of halogens is 2. The van der Waals surface area contributed by atoms with E-state index in [1.54, 1.807) is 6.20 Å². The van der Waals surface area contributed by atoms with Crippen LogP contribution in [0, 0.1) is 0 Å². The minimum atomic E-state index is 0.411. The minimum absolute atomic E-state index is 0.411. The molecule has 0 amide bonds. The van der Waals surface area contributed by atoms with Gasteiger partial charge in [0.05, 0.1) is 9.50 Å². The molecule has 1 aliphatic rings. The highest BCUT2D eigenvalue weighted by Crippen LogP contribution is 2.28. The van der Waals surface area contributed by atoms with Gasteiger partial charge in [0.25, 0.3) is 0 Å². The van der Waals surface area contributed by atoms with Crippen molar-refractivity contribution in [3.05, 3.63) is 21.8 Å². The van der Waals surface area contributed by atoms with Gasteiger partial charge in [-0.15, -0.1) is 0 Å². The number of aromatic nitrogens is 1. The summed E-state index contributed by atoms with van der Waals surface area (Å²) in [5.41, 5.74) is 0. The topological polar surface area (TPSA) is 28.2 Å². The van der Waals surface area contributed by atoms with E-state index in [9.17, 15) is 0 Å². The zero-order valence-electron chi connectivity index (χ0n) is 11.5. The van der Waals surface area contributed by atoms with Gasteiger partial charge in [-0.2, -0.15) is 0 Å². The molecule has 1 saturated heterocycles. The Labute approximate surface area is 128 Å². The Hall–Kier alpha value is -0.320. The normalized spacial score (nSPS) is 19.7. The molecule has 0 bridgehead atoms. The van der Waals surface area contributed by atoms with Crippen LogP contribution < -0.4 is 10.2 Å². The molecular weight excluding hydrogens is 326 g/mol. The third kappa shape index (κ3) is 4.07. The zero-order chi connectivity index (χ0) is 13.8. The number of pyridine rings is 1. The fourth-order valence-corrected chi connectivity index (χ4v) is 3.34. The van der Waals surface area contributed by atoms with E-state index >= 15 is 0 Å². The summed E-state index contributed by atoms with van der Waals surface area (Å²) in [7, 11) is 0. The smallest absolute Gasteiger partial charge is 0.143 e. The van der Waals surface area contributed by atoms with Crippen LogP contribution in [-0.4, -0.2) is 30.2 Å². The first-order valence-corrected chi connectivity index (χ1v) is 8.06. The number of hydrogen-bond acceptors (Lipinski definition) is 3. The Bertz CT molecular complexity index is 419. The summed E-state index contributed by atoms with van der Waals surface area (Å²) >= 11 is 9.54. The van der Waals surface area contributed by atoms with E-state index in [-0.39, 0.29) is 0 Å². The molecule has 0 radical (unpaired) electrons. The molecule has 5 heteroatoms. The summed E-state index contributed by atoms with van der Waals surface area (Å²) in [6, 6.07) is 2.88. The molecule has 0 aromatic carbocycles. The number of rotatable bonds is 4. The second-order valence-corrected chi connectivity index (χ2v) is 6.64. The molecule has 2 rings (SSSR count). The van der Waals surface area contributed by atoms with Gasteiger partial charge < -0.3 is 10.2 Å². The quantitative estimate of drug-likeness (QED) is 0.897. The van der Waals surface area contributed by atoms with Crippen molar-refractivity contribution in [1.29, 1.82) is 0 Å². The molecular formula is C14H21BrClN3. The van der Waals surface area contributed by atoms with Gasteiger partial charge in [0.1, 0.15) is 5.82 Å². The molecule has 1 atom stereocenters. The Kier molecular flexibility index (Phi) is 5.48. The van der Waals surface area contributed by atoms with Crippen LogP contribution in [0.4, 0.5) is 5.82 Å². The first-order valence-electron chi connectivity index (χ1n) is 6.89. The van der Waals surface area contributed by atoms with Crippen LogP contribution in [0.25, 0.3) is 0 Å². The van der Waals surface area contributed by atoms with Crippen LogP contribution in [0.1, 0.15) is 33.1 Å². The Morgan fingerprint density at radius 2 is 2.32 bits per heavy atom. The van der Waals surface area contributed by atoms with Crippen LogP contribution >= 0.6 is 27.5 Å². The standard InChI is InChI=1S/C14H21BrClN3/c1-10(2)19(9-12-5-3-4-6-17-12)14-13(15)7-11(16)8-18-14/h7-8,10,12,17H,3-6,9H2,1-2H3. The van der Waals surface area contributed by atoms with Gasteiger partial charge in [-0.1, -0.05) is 18.0 Å². The monoisotopic (exact) mass is 345 g/mol. The second kappa shape index (κ2) is 6.91. The fourth-order valence-electron chi connectivity index (χ4n) is 2.48. The van der Waals surface area contributed by atoms with Gasteiger partial charge in [-0.05, 0) is 55.2 Å². The number of nitrogens with zero attached hydrogens (tertiary/aromatic N) is 2. The van der Waals surface area contributed by atoms with Crippen molar-refractivity contribution in [2.24, 2.45) is 0 Å². The van der Waals surface area contributed by atoms with Crippen molar-refractivity contribution in [3.63, 3.8) is 0 Å². The summed E-state index contributed by atoms with van der Waals surface area (Å²) in [6.45, 7) is 6.52. The van der Waals surface area contributed by atoms with Crippen molar-refractivity contribution in [2.45, 2.75) is 45.2 Å². The summed E-state index contributed by atoms with van der Waals surface area (Å²) in [5.74, 6) is 0.978. The Balaban J connectivity index is 2.14. The molecule has 1 unspecified atom stereocenters. The maximum Gasteiger partial charge on any atom is 0.143 e. The molecule has 1 aromatic heterocycles. The maximum atomic E-state index is 5.97. The molecule has 1 aromatic rings. The maximum absolute atomic E-state index is 5.97. The lowest BCUT2D eigenvalue weighted by Crippen LogP contribution is -2.46. The third-order valence-corrected chi connectivity index (χ3v) is 4.30. The highest BCUT2D eigenvalue weighted by Gasteiger charge is 2.21. The predicted molar refractivity (Wildman–Crippen MR) is 85.1 cm³/mol. The van der Waals surface area contributed by atoms with Gasteiger partial charge in [0.15, 0.2) is 0 Å². The molecule has 0 saturated carbocycles. The van der Waals surface area contributed by atoms with Crippen molar-refractivity contribution < 1.29 is 0 Å². The largest absolute Gasteiger partial charge is 0.352 e. The van der Waals surface area contributed by atoms with Gasteiger partial charge in [0.2, 0.25) is 0 Å². The summed E-state index contributed by atoms with van der Waals surface area (Å²) in [4.78, 5) is 6.82. The van der Waals surface area contributed by atoms with E-state index in [1.807, 2.05) is 6.07 Å². The van der Waals surface area contributed by atoms with Crippen LogP contribution in [0.15, 0.2) is 16.7 Å². The van der Waals surface area contributed by atoms with E-state index in [4.69, 9.17) is 11.6 Å². The van der Waals surface area contributed by atoms with Gasteiger partial charge >= 0.3 is 0 Å². The van der Waals surface area contributed by atoms with Crippen molar-refractivity contribution in [1.82, 2.24) is 10.3 Å². The lowest BCUT2D eigenvalue weighted by molar-refractivity contribution is 0.392. The van der Waals surface area contributed by atoms with Gasteiger partial charge in [-0.25, -0.2) is 4.98 Å². The molecule has 0 aliphatic carbocycles.